The molecule has 28 heavy (non-hydrogen) atoms. The van der Waals surface area contributed by atoms with Crippen molar-refractivity contribution in [2.45, 2.75) is 0 Å². The third kappa shape index (κ3) is 3.12. The highest BCUT2D eigenvalue weighted by atomic mass is 19.1. The number of nitro benzene ring substituents is 1. The summed E-state index contributed by atoms with van der Waals surface area (Å²) in [6.07, 6.45) is 1.48. The zero-order valence-electron chi connectivity index (χ0n) is 14.2. The summed E-state index contributed by atoms with van der Waals surface area (Å²) in [6, 6.07) is 15.8. The predicted octanol–water partition coefficient (Wildman–Crippen LogP) is 4.93. The second-order valence-electron chi connectivity index (χ2n) is 5.89. The lowest BCUT2D eigenvalue weighted by Crippen LogP contribution is -1.92. The number of nitriles is 1. The minimum atomic E-state index is -0.709. The average Bonchev–Trinajstić information content (AvgIpc) is 3.32. The molecule has 0 saturated carbocycles. The number of nitrogens with one attached hydrogen (secondary N) is 1. The maximum Gasteiger partial charge on any atom is 0.283 e. The van der Waals surface area contributed by atoms with Crippen LogP contribution in [0.15, 0.2) is 59.0 Å². The van der Waals surface area contributed by atoms with Crippen molar-refractivity contribution < 1.29 is 13.7 Å². The van der Waals surface area contributed by atoms with Gasteiger partial charge in [-0.05, 0) is 36.4 Å². The first-order chi connectivity index (χ1) is 13.5. The van der Waals surface area contributed by atoms with Gasteiger partial charge in [0.15, 0.2) is 0 Å². The number of imidazole rings is 1. The Bertz CT molecular complexity index is 1250. The zero-order valence-corrected chi connectivity index (χ0v) is 14.2. The van der Waals surface area contributed by atoms with Gasteiger partial charge in [0.2, 0.25) is 0 Å². The van der Waals surface area contributed by atoms with Crippen molar-refractivity contribution in [2.75, 3.05) is 0 Å². The Kier molecular flexibility index (Phi) is 4.18. The van der Waals surface area contributed by atoms with Crippen molar-refractivity contribution in [3.05, 3.63) is 82.1 Å². The number of furan rings is 1. The summed E-state index contributed by atoms with van der Waals surface area (Å²) in [7, 11) is 0. The predicted molar refractivity (Wildman–Crippen MR) is 100 cm³/mol. The fourth-order valence-electron chi connectivity index (χ4n) is 2.82. The minimum Gasteiger partial charge on any atom is -0.456 e. The first-order valence-electron chi connectivity index (χ1n) is 8.16. The molecule has 0 fully saturated rings. The number of aromatic nitrogens is 2. The van der Waals surface area contributed by atoms with E-state index in [4.69, 9.17) is 4.42 Å². The van der Waals surface area contributed by atoms with Crippen LogP contribution in [0, 0.1) is 27.3 Å². The highest BCUT2D eigenvalue weighted by molar-refractivity contribution is 5.89. The van der Waals surface area contributed by atoms with E-state index in [1.54, 1.807) is 6.07 Å². The van der Waals surface area contributed by atoms with E-state index in [2.05, 4.69) is 16.0 Å². The van der Waals surface area contributed by atoms with E-state index >= 15 is 0 Å². The van der Waals surface area contributed by atoms with E-state index in [0.29, 0.717) is 11.6 Å². The number of halogens is 1. The summed E-state index contributed by atoms with van der Waals surface area (Å²) in [6.45, 7) is 0. The Hall–Kier alpha value is -4.25. The maximum absolute atomic E-state index is 13.3. The summed E-state index contributed by atoms with van der Waals surface area (Å²) >= 11 is 0. The zero-order chi connectivity index (χ0) is 19.7. The summed E-state index contributed by atoms with van der Waals surface area (Å²) < 4.78 is 19.0. The molecule has 0 radical (unpaired) electrons. The van der Waals surface area contributed by atoms with Gasteiger partial charge in [-0.3, -0.25) is 10.1 Å². The first kappa shape index (κ1) is 17.2. The third-order valence-electron chi connectivity index (χ3n) is 4.10. The third-order valence-corrected chi connectivity index (χ3v) is 4.10. The van der Waals surface area contributed by atoms with E-state index < -0.39 is 16.4 Å². The molecule has 2 aromatic heterocycles. The molecule has 0 amide bonds. The van der Waals surface area contributed by atoms with Crippen molar-refractivity contribution in [3.8, 4) is 17.4 Å². The normalized spacial score (nSPS) is 11.5. The molecule has 0 aliphatic heterocycles. The Morgan fingerprint density at radius 1 is 1.25 bits per heavy atom. The van der Waals surface area contributed by atoms with Gasteiger partial charge in [-0.1, -0.05) is 12.1 Å². The van der Waals surface area contributed by atoms with E-state index in [1.807, 2.05) is 24.3 Å². The quantitative estimate of drug-likeness (QED) is 0.309. The second-order valence-corrected chi connectivity index (χ2v) is 5.89. The molecule has 0 saturated heterocycles. The SMILES string of the molecule is N#CC(=Cc1ccc(-c2ccc(F)cc2[N+](=O)[O-])o1)c1nc2ccccc2[nH]1. The lowest BCUT2D eigenvalue weighted by molar-refractivity contribution is -0.384. The van der Waals surface area contributed by atoms with Crippen LogP contribution in [0.4, 0.5) is 10.1 Å². The number of nitrogens with zero attached hydrogens (tertiary/aromatic N) is 3. The standard InChI is InChI=1S/C20H11FN4O3/c21-13-5-7-15(18(10-13)25(26)27)19-8-6-14(28-19)9-12(11-22)20-23-16-3-1-2-4-17(16)24-20/h1-10H,(H,23,24). The Morgan fingerprint density at radius 2 is 2.07 bits per heavy atom. The molecule has 7 nitrogen and oxygen atoms in total. The highest BCUT2D eigenvalue weighted by Gasteiger charge is 2.19. The Labute approximate surface area is 157 Å². The van der Waals surface area contributed by atoms with E-state index in [9.17, 15) is 19.8 Å². The van der Waals surface area contributed by atoms with Gasteiger partial charge in [-0.25, -0.2) is 9.37 Å². The van der Waals surface area contributed by atoms with Crippen LogP contribution in [-0.2, 0) is 0 Å². The van der Waals surface area contributed by atoms with Gasteiger partial charge >= 0.3 is 0 Å². The molecule has 2 aromatic carbocycles. The van der Waals surface area contributed by atoms with Gasteiger partial charge in [0.1, 0.15) is 29.2 Å². The summed E-state index contributed by atoms with van der Waals surface area (Å²) in [5.74, 6) is 0.179. The highest BCUT2D eigenvalue weighted by Crippen LogP contribution is 2.32. The van der Waals surface area contributed by atoms with Crippen molar-refractivity contribution in [3.63, 3.8) is 0 Å². The number of nitro groups is 1. The van der Waals surface area contributed by atoms with Crippen LogP contribution in [-0.4, -0.2) is 14.9 Å². The molecule has 0 atom stereocenters. The van der Waals surface area contributed by atoms with Crippen LogP contribution >= 0.6 is 0 Å². The molecule has 8 heteroatoms. The lowest BCUT2D eigenvalue weighted by atomic mass is 10.1. The topological polar surface area (TPSA) is 109 Å². The molecular weight excluding hydrogens is 363 g/mol. The van der Waals surface area contributed by atoms with E-state index in [0.717, 1.165) is 23.2 Å². The molecule has 0 spiro atoms. The molecule has 0 bridgehead atoms. The van der Waals surface area contributed by atoms with Crippen LogP contribution in [0.1, 0.15) is 11.6 Å². The smallest absolute Gasteiger partial charge is 0.283 e. The first-order valence-corrected chi connectivity index (χ1v) is 8.16. The lowest BCUT2D eigenvalue weighted by Gasteiger charge is -1.99. The number of allylic oxidation sites excluding steroid dienone is 1. The van der Waals surface area contributed by atoms with Gasteiger partial charge in [-0.15, -0.1) is 0 Å². The summed E-state index contributed by atoms with van der Waals surface area (Å²) in [5.41, 5.74) is 1.50. The van der Waals surface area contributed by atoms with Crippen LogP contribution in [0.2, 0.25) is 0 Å². The van der Waals surface area contributed by atoms with Gasteiger partial charge in [0.05, 0.1) is 33.2 Å². The Balaban J connectivity index is 1.73. The van der Waals surface area contributed by atoms with Crippen LogP contribution < -0.4 is 0 Å². The fourth-order valence-corrected chi connectivity index (χ4v) is 2.82. The average molecular weight is 374 g/mol. The van der Waals surface area contributed by atoms with Crippen molar-refractivity contribution >= 4 is 28.4 Å². The minimum absolute atomic E-state index is 0.147. The molecule has 0 unspecified atom stereocenters. The van der Waals surface area contributed by atoms with Crippen LogP contribution in [0.5, 0.6) is 0 Å². The molecule has 136 valence electrons. The number of hydrogen-bond donors (Lipinski definition) is 1. The molecule has 4 rings (SSSR count). The van der Waals surface area contributed by atoms with Crippen molar-refractivity contribution in [1.29, 1.82) is 5.26 Å². The van der Waals surface area contributed by atoms with Gasteiger partial charge in [0.25, 0.3) is 5.69 Å². The molecule has 2 heterocycles. The van der Waals surface area contributed by atoms with E-state index in [-0.39, 0.29) is 16.9 Å². The molecule has 1 N–H and O–H groups in total. The fraction of sp³-hybridized carbons (Fsp3) is 0. The van der Waals surface area contributed by atoms with Crippen LogP contribution in [0.3, 0.4) is 0 Å². The number of hydrogen-bond acceptors (Lipinski definition) is 5. The number of H-pyrrole nitrogens is 1. The van der Waals surface area contributed by atoms with Gasteiger partial charge in [-0.2, -0.15) is 5.26 Å². The number of aromatic amines is 1. The molecule has 0 aliphatic carbocycles. The number of fused-ring (bicyclic) bond motifs is 1. The number of rotatable bonds is 4. The molecular formula is C20H11FN4O3. The largest absolute Gasteiger partial charge is 0.456 e. The number of benzene rings is 2. The summed E-state index contributed by atoms with van der Waals surface area (Å²) in [5, 5.41) is 20.7. The maximum atomic E-state index is 13.3. The number of para-hydroxylation sites is 2. The van der Waals surface area contributed by atoms with Crippen molar-refractivity contribution in [2.24, 2.45) is 0 Å². The monoisotopic (exact) mass is 374 g/mol. The Morgan fingerprint density at radius 3 is 2.82 bits per heavy atom. The summed E-state index contributed by atoms with van der Waals surface area (Å²) in [4.78, 5) is 17.9. The second kappa shape index (κ2) is 6.81. The molecule has 0 aliphatic rings. The van der Waals surface area contributed by atoms with Crippen molar-refractivity contribution in [1.82, 2.24) is 9.97 Å². The van der Waals surface area contributed by atoms with E-state index in [1.165, 1.54) is 18.2 Å². The molecule has 4 aromatic rings. The van der Waals surface area contributed by atoms with Gasteiger partial charge < -0.3 is 9.40 Å². The van der Waals surface area contributed by atoms with Crippen LogP contribution in [0.25, 0.3) is 34.0 Å². The van der Waals surface area contributed by atoms with Gasteiger partial charge in [0, 0.05) is 6.08 Å².